The maximum atomic E-state index is 6.12. The molecule has 2 aromatic rings. The van der Waals surface area contributed by atoms with Gasteiger partial charge in [0.1, 0.15) is 5.15 Å². The van der Waals surface area contributed by atoms with E-state index in [2.05, 4.69) is 32.8 Å². The average molecular weight is 429 g/mol. The van der Waals surface area contributed by atoms with Gasteiger partial charge in [-0.15, -0.1) is 11.3 Å². The molecular weight excluding hydrogens is 403 g/mol. The lowest BCUT2D eigenvalue weighted by molar-refractivity contribution is 0.774. The van der Waals surface area contributed by atoms with Crippen molar-refractivity contribution in [1.82, 2.24) is 20.2 Å². The van der Waals surface area contributed by atoms with E-state index < -0.39 is 0 Å². The molecule has 1 fully saturated rings. The SMILES string of the molecule is CCNC(=NCc1cc(Cl)c(Cl)n1C)NCCc1csc(N2CCCC2)n1. The Bertz CT molecular complexity index is 779. The van der Waals surface area contributed by atoms with E-state index in [1.54, 1.807) is 11.3 Å². The number of anilines is 1. The molecule has 3 heterocycles. The van der Waals surface area contributed by atoms with E-state index in [4.69, 9.17) is 28.2 Å². The number of halogens is 2. The molecule has 2 aromatic heterocycles. The summed E-state index contributed by atoms with van der Waals surface area (Å²) in [5.74, 6) is 0.779. The molecule has 0 atom stereocenters. The van der Waals surface area contributed by atoms with Gasteiger partial charge in [-0.05, 0) is 25.8 Å². The first-order valence-corrected chi connectivity index (χ1v) is 10.9. The van der Waals surface area contributed by atoms with Crippen molar-refractivity contribution in [2.75, 3.05) is 31.1 Å². The van der Waals surface area contributed by atoms with Gasteiger partial charge in [-0.1, -0.05) is 23.2 Å². The number of thiazole rings is 1. The lowest BCUT2D eigenvalue weighted by Crippen LogP contribution is -2.38. The molecule has 9 heteroatoms. The van der Waals surface area contributed by atoms with Gasteiger partial charge in [-0.2, -0.15) is 0 Å². The van der Waals surface area contributed by atoms with Gasteiger partial charge in [0.15, 0.2) is 11.1 Å². The summed E-state index contributed by atoms with van der Waals surface area (Å²) in [7, 11) is 1.89. The summed E-state index contributed by atoms with van der Waals surface area (Å²) in [6, 6.07) is 1.85. The van der Waals surface area contributed by atoms with Gasteiger partial charge in [-0.25, -0.2) is 9.98 Å². The second-order valence-electron chi connectivity index (χ2n) is 6.52. The van der Waals surface area contributed by atoms with E-state index in [9.17, 15) is 0 Å². The van der Waals surface area contributed by atoms with Gasteiger partial charge in [0.25, 0.3) is 0 Å². The normalized spacial score (nSPS) is 14.8. The molecule has 0 spiro atoms. The number of nitrogens with one attached hydrogen (secondary N) is 2. The third-order valence-corrected chi connectivity index (χ3v) is 6.34. The second kappa shape index (κ2) is 9.66. The molecule has 3 rings (SSSR count). The van der Waals surface area contributed by atoms with E-state index in [-0.39, 0.29) is 0 Å². The van der Waals surface area contributed by atoms with Crippen molar-refractivity contribution in [2.45, 2.75) is 32.7 Å². The van der Waals surface area contributed by atoms with Crippen LogP contribution in [0, 0.1) is 0 Å². The molecule has 0 amide bonds. The first-order chi connectivity index (χ1) is 13.1. The summed E-state index contributed by atoms with van der Waals surface area (Å²) in [5.41, 5.74) is 2.10. The topological polar surface area (TPSA) is 57.5 Å². The van der Waals surface area contributed by atoms with Crippen LogP contribution in [-0.2, 0) is 20.0 Å². The molecule has 1 aliphatic rings. The third-order valence-electron chi connectivity index (χ3n) is 4.55. The summed E-state index contributed by atoms with van der Waals surface area (Å²) in [5, 5.41) is 11.0. The number of aromatic nitrogens is 2. The van der Waals surface area contributed by atoms with Crippen molar-refractivity contribution >= 4 is 45.6 Å². The van der Waals surface area contributed by atoms with Gasteiger partial charge in [0.2, 0.25) is 0 Å². The zero-order valence-electron chi connectivity index (χ0n) is 15.8. The maximum absolute atomic E-state index is 6.12. The molecule has 27 heavy (non-hydrogen) atoms. The smallest absolute Gasteiger partial charge is 0.191 e. The van der Waals surface area contributed by atoms with Crippen LogP contribution < -0.4 is 15.5 Å². The molecule has 2 N–H and O–H groups in total. The van der Waals surface area contributed by atoms with Crippen LogP contribution >= 0.6 is 34.5 Å². The molecule has 0 aliphatic carbocycles. The van der Waals surface area contributed by atoms with E-state index in [1.807, 2.05) is 17.7 Å². The minimum absolute atomic E-state index is 0.508. The molecule has 0 bridgehead atoms. The first kappa shape index (κ1) is 20.3. The highest BCUT2D eigenvalue weighted by Crippen LogP contribution is 2.26. The molecule has 0 saturated carbocycles. The predicted molar refractivity (Wildman–Crippen MR) is 116 cm³/mol. The Morgan fingerprint density at radius 1 is 1.30 bits per heavy atom. The predicted octanol–water partition coefficient (Wildman–Crippen LogP) is 3.69. The molecular formula is C18H26Cl2N6S. The van der Waals surface area contributed by atoms with Crippen molar-refractivity contribution in [3.63, 3.8) is 0 Å². The minimum atomic E-state index is 0.508. The summed E-state index contributed by atoms with van der Waals surface area (Å²) in [6.07, 6.45) is 3.42. The molecule has 0 unspecified atom stereocenters. The fourth-order valence-corrected chi connectivity index (χ4v) is 4.35. The van der Waals surface area contributed by atoms with Gasteiger partial charge < -0.3 is 20.1 Å². The monoisotopic (exact) mass is 428 g/mol. The number of hydrogen-bond donors (Lipinski definition) is 2. The zero-order chi connectivity index (χ0) is 19.2. The van der Waals surface area contributed by atoms with Gasteiger partial charge in [-0.3, -0.25) is 0 Å². The fraction of sp³-hybridized carbons (Fsp3) is 0.556. The minimum Gasteiger partial charge on any atom is -0.357 e. The van der Waals surface area contributed by atoms with Crippen LogP contribution in [0.2, 0.25) is 10.2 Å². The zero-order valence-corrected chi connectivity index (χ0v) is 18.1. The molecule has 148 valence electrons. The Labute approximate surface area is 174 Å². The lowest BCUT2D eigenvalue weighted by atomic mass is 10.3. The van der Waals surface area contributed by atoms with Crippen LogP contribution in [0.3, 0.4) is 0 Å². The van der Waals surface area contributed by atoms with Crippen molar-refractivity contribution < 1.29 is 0 Å². The molecule has 0 radical (unpaired) electrons. The molecule has 0 aromatic carbocycles. The average Bonchev–Trinajstić information content (AvgIpc) is 3.38. The largest absolute Gasteiger partial charge is 0.357 e. The van der Waals surface area contributed by atoms with Gasteiger partial charge in [0, 0.05) is 50.7 Å². The number of aliphatic imine (C=N–C) groups is 1. The number of rotatable bonds is 7. The van der Waals surface area contributed by atoms with Crippen molar-refractivity contribution in [2.24, 2.45) is 12.0 Å². The summed E-state index contributed by atoms with van der Waals surface area (Å²) in [6.45, 7) is 6.41. The quantitative estimate of drug-likeness (QED) is 0.521. The standard InChI is InChI=1S/C18H26Cl2N6S/c1-3-21-17(23-11-14-10-15(19)16(20)25(14)2)22-7-6-13-12-27-18(24-13)26-8-4-5-9-26/h10,12H,3-9,11H2,1-2H3,(H2,21,22,23). The number of hydrogen-bond acceptors (Lipinski definition) is 4. The highest BCUT2D eigenvalue weighted by molar-refractivity contribution is 7.13. The molecule has 1 aliphatic heterocycles. The summed E-state index contributed by atoms with van der Waals surface area (Å²) in [4.78, 5) is 11.8. The first-order valence-electron chi connectivity index (χ1n) is 9.29. The van der Waals surface area contributed by atoms with E-state index in [0.29, 0.717) is 16.7 Å². The van der Waals surface area contributed by atoms with Crippen molar-refractivity contribution in [3.8, 4) is 0 Å². The Morgan fingerprint density at radius 3 is 2.74 bits per heavy atom. The Morgan fingerprint density at radius 2 is 2.07 bits per heavy atom. The summed E-state index contributed by atoms with van der Waals surface area (Å²) < 4.78 is 1.85. The van der Waals surface area contributed by atoms with Crippen LogP contribution in [0.5, 0.6) is 0 Å². The van der Waals surface area contributed by atoms with Gasteiger partial charge in [0.05, 0.1) is 17.3 Å². The van der Waals surface area contributed by atoms with Crippen LogP contribution in [-0.4, -0.2) is 41.7 Å². The van der Waals surface area contributed by atoms with E-state index in [0.717, 1.165) is 55.1 Å². The van der Waals surface area contributed by atoms with Gasteiger partial charge >= 0.3 is 0 Å². The Kier molecular flexibility index (Phi) is 7.26. The number of guanidine groups is 1. The fourth-order valence-electron chi connectivity index (χ4n) is 3.02. The molecule has 1 saturated heterocycles. The number of nitrogens with zero attached hydrogens (tertiary/aromatic N) is 4. The third kappa shape index (κ3) is 5.30. The Balaban J connectivity index is 1.52. The van der Waals surface area contributed by atoms with Crippen molar-refractivity contribution in [3.05, 3.63) is 33.0 Å². The van der Waals surface area contributed by atoms with Crippen molar-refractivity contribution in [1.29, 1.82) is 0 Å². The van der Waals surface area contributed by atoms with Crippen LogP contribution in [0.15, 0.2) is 16.4 Å². The summed E-state index contributed by atoms with van der Waals surface area (Å²) >= 11 is 13.9. The molecule has 6 nitrogen and oxygen atoms in total. The van der Waals surface area contributed by atoms with Crippen LogP contribution in [0.25, 0.3) is 0 Å². The maximum Gasteiger partial charge on any atom is 0.191 e. The lowest BCUT2D eigenvalue weighted by Gasteiger charge is -2.12. The van der Waals surface area contributed by atoms with E-state index in [1.165, 1.54) is 12.8 Å². The van der Waals surface area contributed by atoms with Crippen LogP contribution in [0.1, 0.15) is 31.2 Å². The Hall–Kier alpha value is -1.44. The van der Waals surface area contributed by atoms with Crippen LogP contribution in [0.4, 0.5) is 5.13 Å². The van der Waals surface area contributed by atoms with E-state index >= 15 is 0 Å². The second-order valence-corrected chi connectivity index (χ2v) is 8.12. The highest BCUT2D eigenvalue weighted by atomic mass is 35.5. The highest BCUT2D eigenvalue weighted by Gasteiger charge is 2.15.